The standard InChI is InChI=1S/C43H40BNS2/c1-6-32-18-20-33(21-19-32)40-42(46-38-28-39(47-43(38)40)44(7-2)41-30(4)26-29(3)27-31(41)5)34-22-24-37(25-23-34)45(35-14-10-8-11-15-35)36-16-12-9-13-17-36/h8-28H,6-7H2,1-5H3. The van der Waals surface area contributed by atoms with E-state index in [1.807, 2.05) is 22.7 Å². The molecule has 2 heterocycles. The number of thiophene rings is 2. The molecule has 7 rings (SSSR count). The topological polar surface area (TPSA) is 3.24 Å². The highest BCUT2D eigenvalue weighted by Crippen LogP contribution is 2.47. The molecular weight excluding hydrogens is 605 g/mol. The van der Waals surface area contributed by atoms with Crippen molar-refractivity contribution in [1.82, 2.24) is 0 Å². The molecule has 0 saturated heterocycles. The maximum absolute atomic E-state index is 2.49. The lowest BCUT2D eigenvalue weighted by Gasteiger charge is -2.25. The maximum Gasteiger partial charge on any atom is 0.222 e. The van der Waals surface area contributed by atoms with Crippen molar-refractivity contribution in [2.45, 2.75) is 47.4 Å². The molecule has 0 atom stereocenters. The molecule has 0 amide bonds. The van der Waals surface area contributed by atoms with Crippen molar-refractivity contribution in [2.24, 2.45) is 0 Å². The molecule has 0 radical (unpaired) electrons. The first-order valence-electron chi connectivity index (χ1n) is 16.7. The maximum atomic E-state index is 2.49. The van der Waals surface area contributed by atoms with Crippen LogP contribution in [-0.4, -0.2) is 6.71 Å². The lowest BCUT2D eigenvalue weighted by atomic mass is 9.40. The van der Waals surface area contributed by atoms with Crippen molar-refractivity contribution in [3.63, 3.8) is 0 Å². The van der Waals surface area contributed by atoms with E-state index in [0.29, 0.717) is 6.71 Å². The highest BCUT2D eigenvalue weighted by molar-refractivity contribution is 7.36. The fourth-order valence-corrected chi connectivity index (χ4v) is 9.99. The molecule has 232 valence electrons. The second-order valence-electron chi connectivity index (χ2n) is 12.5. The van der Waals surface area contributed by atoms with Crippen LogP contribution in [0.5, 0.6) is 0 Å². The second kappa shape index (κ2) is 13.4. The molecule has 1 nitrogen and oxygen atoms in total. The number of anilines is 3. The van der Waals surface area contributed by atoms with Crippen LogP contribution in [-0.2, 0) is 6.42 Å². The summed E-state index contributed by atoms with van der Waals surface area (Å²) in [7, 11) is 0. The van der Waals surface area contributed by atoms with Crippen LogP contribution in [0.25, 0.3) is 31.0 Å². The SMILES string of the molecule is CCB(c1cc2sc(-c3ccc(N(c4ccccc4)c4ccccc4)cc3)c(-c3ccc(CC)cc3)c2s1)c1c(C)cc(C)cc1C. The van der Waals surface area contributed by atoms with E-state index in [-0.39, 0.29) is 0 Å². The molecule has 4 heteroatoms. The zero-order valence-electron chi connectivity index (χ0n) is 27.9. The number of hydrogen-bond acceptors (Lipinski definition) is 3. The van der Waals surface area contributed by atoms with E-state index in [1.165, 1.54) is 63.5 Å². The first-order chi connectivity index (χ1) is 22.9. The van der Waals surface area contributed by atoms with Gasteiger partial charge in [-0.15, -0.1) is 22.7 Å². The average Bonchev–Trinajstić information content (AvgIpc) is 3.66. The lowest BCUT2D eigenvalue weighted by Crippen LogP contribution is -2.42. The van der Waals surface area contributed by atoms with Crippen LogP contribution in [0.4, 0.5) is 17.1 Å². The van der Waals surface area contributed by atoms with Crippen LogP contribution >= 0.6 is 22.7 Å². The molecule has 0 N–H and O–H groups in total. The molecule has 0 spiro atoms. The van der Waals surface area contributed by atoms with Crippen molar-refractivity contribution in [3.8, 4) is 21.6 Å². The van der Waals surface area contributed by atoms with Gasteiger partial charge in [-0.2, -0.15) is 0 Å². The quantitative estimate of drug-likeness (QED) is 0.141. The Morgan fingerprint density at radius 2 is 1.15 bits per heavy atom. The fourth-order valence-electron chi connectivity index (χ4n) is 7.10. The minimum absolute atomic E-state index is 0.403. The van der Waals surface area contributed by atoms with Gasteiger partial charge in [0.05, 0.1) is 4.70 Å². The summed E-state index contributed by atoms with van der Waals surface area (Å²) in [5.41, 5.74) is 14.4. The van der Waals surface area contributed by atoms with Gasteiger partial charge in [0.25, 0.3) is 0 Å². The number of nitrogens with zero attached hydrogens (tertiary/aromatic N) is 1. The first-order valence-corrected chi connectivity index (χ1v) is 18.3. The van der Waals surface area contributed by atoms with E-state index in [4.69, 9.17) is 0 Å². The van der Waals surface area contributed by atoms with E-state index in [2.05, 4.69) is 167 Å². The summed E-state index contributed by atoms with van der Waals surface area (Å²) in [5.74, 6) is 0. The van der Waals surface area contributed by atoms with Crippen LogP contribution in [0.1, 0.15) is 36.1 Å². The molecule has 0 unspecified atom stereocenters. The molecule has 5 aromatic carbocycles. The number of benzene rings is 5. The highest BCUT2D eigenvalue weighted by Gasteiger charge is 2.26. The van der Waals surface area contributed by atoms with Gasteiger partial charge in [-0.3, -0.25) is 0 Å². The number of hydrogen-bond donors (Lipinski definition) is 0. The Hall–Kier alpha value is -4.38. The number of rotatable bonds is 9. The van der Waals surface area contributed by atoms with Gasteiger partial charge in [0, 0.05) is 32.2 Å². The van der Waals surface area contributed by atoms with E-state index < -0.39 is 0 Å². The Morgan fingerprint density at radius 3 is 1.70 bits per heavy atom. The van der Waals surface area contributed by atoms with Crippen LogP contribution in [0.3, 0.4) is 0 Å². The number of para-hydroxylation sites is 2. The number of fused-ring (bicyclic) bond motifs is 1. The molecule has 7 aromatic rings. The molecule has 0 aliphatic carbocycles. The summed E-state index contributed by atoms with van der Waals surface area (Å²) in [6.45, 7) is 11.7. The summed E-state index contributed by atoms with van der Waals surface area (Å²) in [5, 5.41) is 0. The van der Waals surface area contributed by atoms with Gasteiger partial charge < -0.3 is 4.90 Å². The second-order valence-corrected chi connectivity index (χ2v) is 14.7. The first kappa shape index (κ1) is 31.2. The van der Waals surface area contributed by atoms with E-state index in [9.17, 15) is 0 Å². The van der Waals surface area contributed by atoms with E-state index in [1.54, 1.807) is 0 Å². The van der Waals surface area contributed by atoms with Crippen LogP contribution in [0.2, 0.25) is 6.32 Å². The van der Waals surface area contributed by atoms with Crippen molar-refractivity contribution < 1.29 is 0 Å². The van der Waals surface area contributed by atoms with Crippen molar-refractivity contribution in [2.75, 3.05) is 4.90 Å². The Balaban J connectivity index is 1.34. The Bertz CT molecular complexity index is 2060. The van der Waals surface area contributed by atoms with Crippen molar-refractivity contribution in [1.29, 1.82) is 0 Å². The molecular formula is C43H40BNS2. The van der Waals surface area contributed by atoms with Crippen LogP contribution < -0.4 is 15.1 Å². The zero-order valence-corrected chi connectivity index (χ0v) is 29.5. The van der Waals surface area contributed by atoms with E-state index >= 15 is 0 Å². The van der Waals surface area contributed by atoms with Crippen molar-refractivity contribution >= 4 is 66.1 Å². The summed E-state index contributed by atoms with van der Waals surface area (Å²) >= 11 is 3.94. The summed E-state index contributed by atoms with van der Waals surface area (Å²) < 4.78 is 4.26. The van der Waals surface area contributed by atoms with E-state index in [0.717, 1.165) is 29.8 Å². The minimum atomic E-state index is 0.403. The van der Waals surface area contributed by atoms with Crippen LogP contribution in [0.15, 0.2) is 127 Å². The fraction of sp³-hybridized carbons (Fsp3) is 0.163. The smallest absolute Gasteiger partial charge is 0.222 e. The minimum Gasteiger partial charge on any atom is -0.311 e. The normalized spacial score (nSPS) is 11.3. The summed E-state index contributed by atoms with van der Waals surface area (Å²) in [6.07, 6.45) is 2.14. The summed E-state index contributed by atoms with van der Waals surface area (Å²) in [6, 6.07) is 46.9. The highest BCUT2D eigenvalue weighted by atomic mass is 32.1. The largest absolute Gasteiger partial charge is 0.311 e. The number of aryl methyl sites for hydroxylation is 4. The lowest BCUT2D eigenvalue weighted by molar-refractivity contribution is 1.14. The molecule has 0 saturated carbocycles. The Kier molecular flexibility index (Phi) is 8.90. The molecule has 0 bridgehead atoms. The van der Waals surface area contributed by atoms with Gasteiger partial charge in [0.15, 0.2) is 0 Å². The van der Waals surface area contributed by atoms with Gasteiger partial charge in [0.2, 0.25) is 6.71 Å². The predicted molar refractivity (Wildman–Crippen MR) is 211 cm³/mol. The average molecular weight is 646 g/mol. The van der Waals surface area contributed by atoms with Gasteiger partial charge in [0.1, 0.15) is 0 Å². The molecule has 0 fully saturated rings. The molecule has 0 aliphatic rings. The Morgan fingerprint density at radius 1 is 0.596 bits per heavy atom. The Labute approximate surface area is 288 Å². The molecule has 0 aliphatic heterocycles. The van der Waals surface area contributed by atoms with Gasteiger partial charge >= 0.3 is 0 Å². The molecule has 47 heavy (non-hydrogen) atoms. The van der Waals surface area contributed by atoms with Crippen LogP contribution in [0, 0.1) is 20.8 Å². The van der Waals surface area contributed by atoms with Gasteiger partial charge in [-0.25, -0.2) is 0 Å². The third kappa shape index (κ3) is 6.09. The van der Waals surface area contributed by atoms with Crippen molar-refractivity contribution in [3.05, 3.63) is 150 Å². The molecule has 2 aromatic heterocycles. The third-order valence-electron chi connectivity index (χ3n) is 9.29. The van der Waals surface area contributed by atoms with Gasteiger partial charge in [-0.1, -0.05) is 127 Å². The summed E-state index contributed by atoms with van der Waals surface area (Å²) in [4.78, 5) is 3.67. The third-order valence-corrected chi connectivity index (χ3v) is 11.9. The predicted octanol–water partition coefficient (Wildman–Crippen LogP) is 11.9. The zero-order chi connectivity index (χ0) is 32.5. The van der Waals surface area contributed by atoms with Gasteiger partial charge in [-0.05, 0) is 91.1 Å². The monoisotopic (exact) mass is 645 g/mol.